The molecule has 0 radical (unpaired) electrons. The summed E-state index contributed by atoms with van der Waals surface area (Å²) in [5.74, 6) is 0.977. The molecule has 0 spiro atoms. The topological polar surface area (TPSA) is 71.1 Å². The molecule has 1 heterocycles. The molecule has 0 bridgehead atoms. The van der Waals surface area contributed by atoms with Gasteiger partial charge in [-0.1, -0.05) is 11.6 Å². The maximum atomic E-state index is 8.67. The minimum Gasteiger partial charge on any atom is -0.461 e. The number of aryl methyl sites for hydroxylation is 2. The molecule has 1 aromatic heterocycles. The van der Waals surface area contributed by atoms with E-state index in [1.165, 1.54) is 10.9 Å². The lowest BCUT2D eigenvalue weighted by Crippen LogP contribution is -1.67. The van der Waals surface area contributed by atoms with Gasteiger partial charge in [-0.15, -0.1) is 0 Å². The summed E-state index contributed by atoms with van der Waals surface area (Å²) in [6.07, 6.45) is 0. The number of hydrogen-bond acceptors (Lipinski definition) is 4. The predicted molar refractivity (Wildman–Crippen MR) is 57.3 cm³/mol. The van der Waals surface area contributed by atoms with Crippen molar-refractivity contribution in [3.05, 3.63) is 35.6 Å². The van der Waals surface area contributed by atoms with E-state index in [2.05, 4.69) is 25.1 Å². The van der Waals surface area contributed by atoms with E-state index in [1.54, 1.807) is 0 Å². The van der Waals surface area contributed by atoms with Crippen LogP contribution in [-0.4, -0.2) is 8.42 Å². The van der Waals surface area contributed by atoms with Crippen molar-refractivity contribution in [1.29, 1.82) is 4.78 Å². The molecular formula is C10H11NO3S. The molecule has 0 aliphatic rings. The second-order valence-corrected chi connectivity index (χ2v) is 3.60. The van der Waals surface area contributed by atoms with E-state index in [1.807, 2.05) is 13.0 Å². The lowest BCUT2D eigenvalue weighted by atomic mass is 10.2. The molecule has 2 aromatic rings. The Morgan fingerprint density at radius 2 is 1.80 bits per heavy atom. The van der Waals surface area contributed by atoms with Crippen molar-refractivity contribution in [3.63, 3.8) is 0 Å². The van der Waals surface area contributed by atoms with Gasteiger partial charge in [0.25, 0.3) is 0 Å². The Morgan fingerprint density at radius 3 is 2.40 bits per heavy atom. The number of fused-ring (bicyclic) bond motifs is 1. The average Bonchev–Trinajstić information content (AvgIpc) is 2.42. The molecule has 4 nitrogen and oxygen atoms in total. The minimum absolute atomic E-state index is 0.977. The zero-order chi connectivity index (χ0) is 11.4. The van der Waals surface area contributed by atoms with Gasteiger partial charge in [0.15, 0.2) is 0 Å². The Hall–Kier alpha value is -1.62. The molecule has 15 heavy (non-hydrogen) atoms. The van der Waals surface area contributed by atoms with Gasteiger partial charge in [0.1, 0.15) is 11.3 Å². The highest BCUT2D eigenvalue weighted by molar-refractivity contribution is 7.60. The van der Waals surface area contributed by atoms with Crippen LogP contribution < -0.4 is 0 Å². The molecule has 0 unspecified atom stereocenters. The Bertz CT molecular complexity index is 562. The molecule has 0 saturated heterocycles. The van der Waals surface area contributed by atoms with Gasteiger partial charge in [-0.05, 0) is 32.0 Å². The fourth-order valence-electron chi connectivity index (χ4n) is 1.30. The number of hydrogen-bond donors (Lipinski definition) is 1. The van der Waals surface area contributed by atoms with E-state index in [0.29, 0.717) is 0 Å². The summed E-state index contributed by atoms with van der Waals surface area (Å²) < 4.78 is 28.3. The van der Waals surface area contributed by atoms with E-state index in [4.69, 9.17) is 17.6 Å². The molecule has 0 atom stereocenters. The maximum absolute atomic E-state index is 8.67. The smallest absolute Gasteiger partial charge is 0.308 e. The van der Waals surface area contributed by atoms with Crippen molar-refractivity contribution in [2.45, 2.75) is 13.8 Å². The van der Waals surface area contributed by atoms with Crippen LogP contribution in [0.2, 0.25) is 0 Å². The van der Waals surface area contributed by atoms with Gasteiger partial charge in [-0.25, -0.2) is 0 Å². The molecular weight excluding hydrogens is 214 g/mol. The van der Waals surface area contributed by atoms with Gasteiger partial charge in [0.05, 0.1) is 0 Å². The van der Waals surface area contributed by atoms with Crippen LogP contribution >= 0.6 is 0 Å². The van der Waals surface area contributed by atoms with E-state index >= 15 is 0 Å². The van der Waals surface area contributed by atoms with Crippen molar-refractivity contribution in [3.8, 4) is 0 Å². The first-order valence-electron chi connectivity index (χ1n) is 4.26. The van der Waals surface area contributed by atoms with Crippen LogP contribution in [0.25, 0.3) is 11.0 Å². The number of benzene rings is 1. The summed E-state index contributed by atoms with van der Waals surface area (Å²) in [5.41, 5.74) is 2.26. The average molecular weight is 225 g/mol. The van der Waals surface area contributed by atoms with Crippen LogP contribution in [0, 0.1) is 18.6 Å². The summed E-state index contributed by atoms with van der Waals surface area (Å²) >= 11 is 0. The van der Waals surface area contributed by atoms with Crippen LogP contribution in [-0.2, 0) is 10.5 Å². The molecule has 1 N–H and O–H groups in total. The maximum Gasteiger partial charge on any atom is 0.308 e. The standard InChI is InChI=1S/C10H10O.HNO2S/c1-7-3-4-10-9(5-7)6-8(2)11-10;1-4(2)3/h3-6H,1-2H3;1H. The van der Waals surface area contributed by atoms with Crippen LogP contribution in [0.1, 0.15) is 11.3 Å². The highest BCUT2D eigenvalue weighted by Crippen LogP contribution is 2.19. The van der Waals surface area contributed by atoms with Gasteiger partial charge >= 0.3 is 10.5 Å². The molecule has 0 aliphatic heterocycles. The Morgan fingerprint density at radius 1 is 1.20 bits per heavy atom. The van der Waals surface area contributed by atoms with Crippen molar-refractivity contribution in [2.75, 3.05) is 0 Å². The van der Waals surface area contributed by atoms with E-state index in [9.17, 15) is 0 Å². The van der Waals surface area contributed by atoms with Crippen molar-refractivity contribution in [1.82, 2.24) is 0 Å². The first-order chi connectivity index (χ1) is 6.99. The van der Waals surface area contributed by atoms with Crippen molar-refractivity contribution >= 4 is 21.5 Å². The second kappa shape index (κ2) is 4.75. The molecule has 0 fully saturated rings. The van der Waals surface area contributed by atoms with Gasteiger partial charge in [0, 0.05) is 5.39 Å². The Labute approximate surface area is 89.0 Å². The van der Waals surface area contributed by atoms with Crippen LogP contribution in [0.15, 0.2) is 28.7 Å². The molecule has 1 aromatic carbocycles. The third-order valence-corrected chi connectivity index (χ3v) is 1.80. The highest BCUT2D eigenvalue weighted by atomic mass is 32.2. The predicted octanol–water partition coefficient (Wildman–Crippen LogP) is 2.68. The van der Waals surface area contributed by atoms with E-state index < -0.39 is 10.5 Å². The van der Waals surface area contributed by atoms with Crippen LogP contribution in [0.3, 0.4) is 0 Å². The van der Waals surface area contributed by atoms with E-state index in [-0.39, 0.29) is 0 Å². The monoisotopic (exact) mass is 225 g/mol. The Kier molecular flexibility index (Phi) is 3.62. The molecule has 0 aliphatic carbocycles. The number of furan rings is 1. The van der Waals surface area contributed by atoms with E-state index in [0.717, 1.165) is 11.3 Å². The molecule has 0 saturated carbocycles. The SMILES string of the molecule is Cc1ccc2oc(C)cc2c1.N=S(=O)=O. The molecule has 80 valence electrons. The summed E-state index contributed by atoms with van der Waals surface area (Å²) in [5, 5.41) is 1.20. The third-order valence-electron chi connectivity index (χ3n) is 1.80. The molecule has 5 heteroatoms. The third kappa shape index (κ3) is 3.55. The van der Waals surface area contributed by atoms with Gasteiger partial charge in [-0.2, -0.15) is 13.2 Å². The lowest BCUT2D eigenvalue weighted by Gasteiger charge is -1.89. The zero-order valence-electron chi connectivity index (χ0n) is 8.44. The Balaban J connectivity index is 0.000000245. The number of rotatable bonds is 0. The minimum atomic E-state index is -2.61. The van der Waals surface area contributed by atoms with Crippen molar-refractivity contribution < 1.29 is 12.8 Å². The van der Waals surface area contributed by atoms with Crippen LogP contribution in [0.4, 0.5) is 0 Å². The normalized spacial score (nSPS) is 9.47. The molecule has 0 amide bonds. The van der Waals surface area contributed by atoms with Gasteiger partial charge < -0.3 is 4.42 Å². The first kappa shape index (κ1) is 11.5. The largest absolute Gasteiger partial charge is 0.461 e. The lowest BCUT2D eigenvalue weighted by molar-refractivity contribution is 0.578. The molecule has 2 rings (SSSR count). The second-order valence-electron chi connectivity index (χ2n) is 3.13. The van der Waals surface area contributed by atoms with Gasteiger partial charge in [0.2, 0.25) is 0 Å². The van der Waals surface area contributed by atoms with Gasteiger partial charge in [-0.3, -0.25) is 0 Å². The summed E-state index contributed by atoms with van der Waals surface area (Å²) in [6.45, 7) is 4.05. The number of nitrogens with one attached hydrogen (secondary N) is 1. The summed E-state index contributed by atoms with van der Waals surface area (Å²) in [7, 11) is -2.61. The zero-order valence-corrected chi connectivity index (χ0v) is 9.26. The van der Waals surface area contributed by atoms with Crippen molar-refractivity contribution in [2.24, 2.45) is 0 Å². The first-order valence-corrected chi connectivity index (χ1v) is 5.34. The summed E-state index contributed by atoms with van der Waals surface area (Å²) in [4.78, 5) is 0. The summed E-state index contributed by atoms with van der Waals surface area (Å²) in [6, 6.07) is 8.26. The van der Waals surface area contributed by atoms with Crippen LogP contribution in [0.5, 0.6) is 0 Å². The fraction of sp³-hybridized carbons (Fsp3) is 0.200. The fourth-order valence-corrected chi connectivity index (χ4v) is 1.30. The quantitative estimate of drug-likeness (QED) is 0.749. The highest BCUT2D eigenvalue weighted by Gasteiger charge is 1.97.